The van der Waals surface area contributed by atoms with E-state index >= 15 is 0 Å². The van der Waals surface area contributed by atoms with Gasteiger partial charge in [0.25, 0.3) is 0 Å². The molecule has 0 saturated heterocycles. The fourth-order valence-electron chi connectivity index (χ4n) is 9.90. The van der Waals surface area contributed by atoms with Crippen molar-refractivity contribution in [3.63, 3.8) is 0 Å². The molecule has 1 aliphatic heterocycles. The molecule has 9 aromatic carbocycles. The van der Waals surface area contributed by atoms with E-state index in [0.717, 1.165) is 17.1 Å². The summed E-state index contributed by atoms with van der Waals surface area (Å²) in [6, 6.07) is 82.9. The van der Waals surface area contributed by atoms with Crippen molar-refractivity contribution in [2.45, 2.75) is 34.5 Å². The van der Waals surface area contributed by atoms with Gasteiger partial charge in [-0.05, 0) is 121 Å². The first kappa shape index (κ1) is 36.2. The summed E-state index contributed by atoms with van der Waals surface area (Å²) in [5.41, 5.74) is 18.2. The maximum Gasteiger partial charge on any atom is 0.0723 e. The van der Waals surface area contributed by atoms with E-state index in [1.165, 1.54) is 76.6 Å². The Morgan fingerprint density at radius 2 is 0.800 bits per heavy atom. The molecule has 2 heteroatoms. The van der Waals surface area contributed by atoms with E-state index < -0.39 is 5.41 Å². The molecular weight excluding hydrogens is 743 g/mol. The minimum absolute atomic E-state index is 0.103. The van der Waals surface area contributed by atoms with Crippen LogP contribution in [0.3, 0.4) is 0 Å². The molecule has 0 bridgehead atoms. The van der Waals surface area contributed by atoms with Crippen LogP contribution < -0.4 is 4.90 Å². The number of nitrogens with zero attached hydrogens (tertiary/aromatic N) is 1. The monoisotopic (exact) mass is 785 g/mol. The van der Waals surface area contributed by atoms with Gasteiger partial charge in [-0.1, -0.05) is 195 Å². The highest BCUT2D eigenvalue weighted by atomic mass is 32.2. The van der Waals surface area contributed by atoms with E-state index in [-0.39, 0.29) is 5.41 Å². The van der Waals surface area contributed by atoms with E-state index in [0.29, 0.717) is 0 Å². The molecule has 286 valence electrons. The lowest BCUT2D eigenvalue weighted by molar-refractivity contribution is 0.660. The Hall–Kier alpha value is -6.87. The fourth-order valence-corrected chi connectivity index (χ4v) is 11.1. The molecule has 2 aliphatic rings. The van der Waals surface area contributed by atoms with Gasteiger partial charge in [0.1, 0.15) is 0 Å². The van der Waals surface area contributed by atoms with E-state index in [9.17, 15) is 0 Å². The van der Waals surface area contributed by atoms with E-state index in [1.54, 1.807) is 0 Å². The Morgan fingerprint density at radius 3 is 1.45 bits per heavy atom. The molecule has 0 aromatic heterocycles. The summed E-state index contributed by atoms with van der Waals surface area (Å²) in [4.78, 5) is 4.99. The highest BCUT2D eigenvalue weighted by Gasteiger charge is 2.44. The van der Waals surface area contributed by atoms with Gasteiger partial charge in [-0.2, -0.15) is 0 Å². The molecule has 0 radical (unpaired) electrons. The third-order valence-electron chi connectivity index (χ3n) is 12.8. The third kappa shape index (κ3) is 5.78. The Kier molecular flexibility index (Phi) is 8.72. The first-order chi connectivity index (χ1) is 29.5. The van der Waals surface area contributed by atoms with Crippen LogP contribution in [-0.2, 0) is 10.8 Å². The largest absolute Gasteiger partial charge is 0.310 e. The lowest BCUT2D eigenvalue weighted by Gasteiger charge is -2.42. The van der Waals surface area contributed by atoms with Gasteiger partial charge < -0.3 is 4.90 Å². The van der Waals surface area contributed by atoms with Crippen LogP contribution in [0.25, 0.3) is 33.4 Å². The summed E-state index contributed by atoms with van der Waals surface area (Å²) in [6.07, 6.45) is 0. The molecule has 0 atom stereocenters. The minimum Gasteiger partial charge on any atom is -0.310 e. The van der Waals surface area contributed by atoms with Crippen LogP contribution >= 0.6 is 11.8 Å². The van der Waals surface area contributed by atoms with Crippen molar-refractivity contribution in [1.82, 2.24) is 0 Å². The Labute approximate surface area is 357 Å². The first-order valence-electron chi connectivity index (χ1n) is 20.8. The maximum atomic E-state index is 2.45. The normalized spacial score (nSPS) is 14.0. The van der Waals surface area contributed by atoms with Gasteiger partial charge in [-0.15, -0.1) is 0 Å². The Bertz CT molecular complexity index is 2970. The quantitative estimate of drug-likeness (QED) is 0.158. The van der Waals surface area contributed by atoms with Crippen molar-refractivity contribution in [1.29, 1.82) is 0 Å². The third-order valence-corrected chi connectivity index (χ3v) is 14.0. The summed E-state index contributed by atoms with van der Waals surface area (Å²) in [6.45, 7) is 4.71. The molecule has 0 unspecified atom stereocenters. The molecular formula is C58H43NS. The molecule has 0 spiro atoms. The smallest absolute Gasteiger partial charge is 0.0723 e. The number of hydrogen-bond donors (Lipinski definition) is 0. The zero-order chi connectivity index (χ0) is 40.3. The number of anilines is 3. The zero-order valence-corrected chi connectivity index (χ0v) is 34.5. The lowest BCUT2D eigenvalue weighted by atomic mass is 9.64. The van der Waals surface area contributed by atoms with Gasteiger partial charge >= 0.3 is 0 Å². The summed E-state index contributed by atoms with van der Waals surface area (Å²) in [5.74, 6) is 0. The van der Waals surface area contributed by atoms with Gasteiger partial charge in [-0.3, -0.25) is 0 Å². The van der Waals surface area contributed by atoms with Gasteiger partial charge in [-0.25, -0.2) is 0 Å². The summed E-state index contributed by atoms with van der Waals surface area (Å²) in [5, 5.41) is 0. The van der Waals surface area contributed by atoms with Crippen LogP contribution in [-0.4, -0.2) is 0 Å². The zero-order valence-electron chi connectivity index (χ0n) is 33.7. The van der Waals surface area contributed by atoms with Gasteiger partial charge in [0.2, 0.25) is 0 Å². The first-order valence-corrected chi connectivity index (χ1v) is 21.7. The van der Waals surface area contributed by atoms with Gasteiger partial charge in [0.05, 0.1) is 5.41 Å². The average Bonchev–Trinajstić information content (AvgIpc) is 3.54. The summed E-state index contributed by atoms with van der Waals surface area (Å²) >= 11 is 1.88. The maximum absolute atomic E-state index is 2.45. The molecule has 1 aliphatic carbocycles. The lowest BCUT2D eigenvalue weighted by Crippen LogP contribution is -2.34. The highest BCUT2D eigenvalue weighted by molar-refractivity contribution is 7.99. The molecule has 0 N–H and O–H groups in total. The van der Waals surface area contributed by atoms with E-state index in [4.69, 9.17) is 0 Å². The summed E-state index contributed by atoms with van der Waals surface area (Å²) in [7, 11) is 0. The van der Waals surface area contributed by atoms with Gasteiger partial charge in [0, 0.05) is 32.3 Å². The highest BCUT2D eigenvalue weighted by Crippen LogP contribution is 2.56. The molecule has 0 fully saturated rings. The second-order valence-electron chi connectivity index (χ2n) is 16.5. The van der Waals surface area contributed by atoms with Crippen LogP contribution in [0.4, 0.5) is 17.1 Å². The van der Waals surface area contributed by atoms with Gasteiger partial charge in [0.15, 0.2) is 0 Å². The number of benzene rings is 9. The fraction of sp³-hybridized carbons (Fsp3) is 0.0690. The molecule has 0 amide bonds. The standard InChI is InChI=1S/C58H43NS/c1-57(2)51-23-13-12-22-49(51)50-36-35-48(39-53(50)57)59(46-31-26-41(27-32-46)40-16-6-3-7-17-40)47-33-28-42(29-34-47)43-30-37-56-54(38-43)58(44-18-8-4-9-19-44,45-20-10-5-11-21-45)52-24-14-15-25-55(52)60-56/h3-39H,1-2H3. The van der Waals surface area contributed by atoms with Crippen LogP contribution in [0.1, 0.15) is 47.2 Å². The van der Waals surface area contributed by atoms with Crippen molar-refractivity contribution in [3.05, 3.63) is 258 Å². The Morgan fingerprint density at radius 1 is 0.333 bits per heavy atom. The average molecular weight is 786 g/mol. The van der Waals surface area contributed by atoms with Crippen LogP contribution in [0, 0.1) is 0 Å². The van der Waals surface area contributed by atoms with Crippen LogP contribution in [0.5, 0.6) is 0 Å². The van der Waals surface area contributed by atoms with E-state index in [1.807, 2.05) is 11.8 Å². The molecule has 1 nitrogen and oxygen atoms in total. The molecule has 9 aromatic rings. The molecule has 11 rings (SSSR count). The number of rotatable bonds is 7. The molecule has 0 saturated carbocycles. The van der Waals surface area contributed by atoms with E-state index in [2.05, 4.69) is 243 Å². The topological polar surface area (TPSA) is 3.24 Å². The Balaban J connectivity index is 1.03. The predicted molar refractivity (Wildman–Crippen MR) is 252 cm³/mol. The second kappa shape index (κ2) is 14.4. The predicted octanol–water partition coefficient (Wildman–Crippen LogP) is 15.6. The number of fused-ring (bicyclic) bond motifs is 5. The molecule has 60 heavy (non-hydrogen) atoms. The van der Waals surface area contributed by atoms with Crippen LogP contribution in [0.2, 0.25) is 0 Å². The van der Waals surface area contributed by atoms with Crippen molar-refractivity contribution in [2.75, 3.05) is 4.90 Å². The minimum atomic E-state index is -0.473. The summed E-state index contributed by atoms with van der Waals surface area (Å²) < 4.78 is 0. The second-order valence-corrected chi connectivity index (χ2v) is 17.6. The number of hydrogen-bond acceptors (Lipinski definition) is 2. The van der Waals surface area contributed by atoms with Crippen molar-refractivity contribution < 1.29 is 0 Å². The van der Waals surface area contributed by atoms with Crippen LogP contribution in [0.15, 0.2) is 234 Å². The van der Waals surface area contributed by atoms with Crippen molar-refractivity contribution in [2.24, 2.45) is 0 Å². The van der Waals surface area contributed by atoms with Crippen molar-refractivity contribution in [3.8, 4) is 33.4 Å². The van der Waals surface area contributed by atoms with Crippen molar-refractivity contribution >= 4 is 28.8 Å². The molecule has 1 heterocycles. The SMILES string of the molecule is CC1(C)c2ccccc2-c2ccc(N(c3ccc(-c4ccccc4)cc3)c3ccc(-c4ccc5c(c4)C(c4ccccc4)(c4ccccc4)c4ccccc4S5)cc3)cc21.